The Morgan fingerprint density at radius 2 is 1.94 bits per heavy atom. The summed E-state index contributed by atoms with van der Waals surface area (Å²) in [6.07, 6.45) is 0. The lowest BCUT2D eigenvalue weighted by Crippen LogP contribution is -2.51. The van der Waals surface area contributed by atoms with Crippen LogP contribution < -0.4 is 5.73 Å². The first kappa shape index (κ1) is 13.8. The lowest BCUT2D eigenvalue weighted by Gasteiger charge is -2.33. The molecule has 1 fully saturated rings. The van der Waals surface area contributed by atoms with Crippen LogP contribution in [0.25, 0.3) is 0 Å². The minimum atomic E-state index is -0.479. The first-order chi connectivity index (χ1) is 8.00. The molecule has 0 spiro atoms. The Bertz CT molecular complexity index is 275. The van der Waals surface area contributed by atoms with Gasteiger partial charge in [-0.15, -0.1) is 0 Å². The Morgan fingerprint density at radius 3 is 2.41 bits per heavy atom. The minimum Gasteiger partial charge on any atom is -0.378 e. The molecule has 1 aliphatic heterocycles. The maximum Gasteiger partial charge on any atom is 0.320 e. The number of morpholine rings is 1. The Labute approximate surface area is 102 Å². The second kappa shape index (κ2) is 6.44. The summed E-state index contributed by atoms with van der Waals surface area (Å²) in [7, 11) is 0. The fraction of sp³-hybridized carbons (Fsp3) is 0.818. The van der Waals surface area contributed by atoms with Gasteiger partial charge < -0.3 is 20.3 Å². The average molecular weight is 243 g/mol. The van der Waals surface area contributed by atoms with Gasteiger partial charge in [0.05, 0.1) is 13.2 Å². The number of hydrogen-bond donors (Lipinski definition) is 1. The molecule has 0 atom stereocenters. The molecule has 0 aromatic rings. The van der Waals surface area contributed by atoms with Crippen molar-refractivity contribution in [3.63, 3.8) is 0 Å². The van der Waals surface area contributed by atoms with Gasteiger partial charge in [0.1, 0.15) is 6.54 Å². The SMILES string of the molecule is CC(C)CN(CC(N)=O)C(=O)N1CCOCC1. The summed E-state index contributed by atoms with van der Waals surface area (Å²) in [6, 6.07) is -0.124. The molecule has 0 unspecified atom stereocenters. The zero-order valence-corrected chi connectivity index (χ0v) is 10.5. The lowest BCUT2D eigenvalue weighted by atomic mass is 10.2. The van der Waals surface area contributed by atoms with Crippen molar-refractivity contribution in [2.75, 3.05) is 39.4 Å². The van der Waals surface area contributed by atoms with E-state index in [9.17, 15) is 9.59 Å². The molecular formula is C11H21N3O3. The van der Waals surface area contributed by atoms with Crippen LogP contribution in [0.5, 0.6) is 0 Å². The van der Waals surface area contributed by atoms with Crippen molar-refractivity contribution in [3.05, 3.63) is 0 Å². The van der Waals surface area contributed by atoms with Gasteiger partial charge >= 0.3 is 6.03 Å². The van der Waals surface area contributed by atoms with E-state index in [1.165, 1.54) is 4.90 Å². The van der Waals surface area contributed by atoms with Gasteiger partial charge in [-0.25, -0.2) is 4.79 Å². The summed E-state index contributed by atoms with van der Waals surface area (Å²) < 4.78 is 5.19. The molecule has 17 heavy (non-hydrogen) atoms. The van der Waals surface area contributed by atoms with Crippen molar-refractivity contribution in [1.29, 1.82) is 0 Å². The molecule has 6 nitrogen and oxygen atoms in total. The van der Waals surface area contributed by atoms with Gasteiger partial charge in [-0.05, 0) is 5.92 Å². The Hall–Kier alpha value is -1.30. The van der Waals surface area contributed by atoms with Crippen LogP contribution in [0, 0.1) is 5.92 Å². The number of carbonyl (C=O) groups excluding carboxylic acids is 2. The van der Waals surface area contributed by atoms with Crippen LogP contribution in [0.2, 0.25) is 0 Å². The quantitative estimate of drug-likeness (QED) is 0.748. The number of rotatable bonds is 4. The summed E-state index contributed by atoms with van der Waals surface area (Å²) >= 11 is 0. The van der Waals surface area contributed by atoms with Crippen molar-refractivity contribution in [2.24, 2.45) is 11.7 Å². The van der Waals surface area contributed by atoms with Gasteiger partial charge in [0.25, 0.3) is 0 Å². The molecule has 0 aromatic carbocycles. The molecule has 0 saturated carbocycles. The minimum absolute atomic E-state index is 0.0195. The van der Waals surface area contributed by atoms with Crippen LogP contribution in [0.3, 0.4) is 0 Å². The fourth-order valence-corrected chi connectivity index (χ4v) is 1.79. The van der Waals surface area contributed by atoms with Crippen LogP contribution in [-0.4, -0.2) is 61.1 Å². The van der Waals surface area contributed by atoms with Crippen molar-refractivity contribution in [2.45, 2.75) is 13.8 Å². The molecule has 1 saturated heterocycles. The Morgan fingerprint density at radius 1 is 1.35 bits per heavy atom. The van der Waals surface area contributed by atoms with E-state index in [0.29, 0.717) is 38.8 Å². The molecule has 6 heteroatoms. The van der Waals surface area contributed by atoms with Gasteiger partial charge in [0.2, 0.25) is 5.91 Å². The Kier molecular flexibility index (Phi) is 5.21. The third-order valence-electron chi connectivity index (χ3n) is 2.48. The van der Waals surface area contributed by atoms with Crippen molar-refractivity contribution in [3.8, 4) is 0 Å². The number of hydrogen-bond acceptors (Lipinski definition) is 3. The first-order valence-electron chi connectivity index (χ1n) is 5.90. The van der Waals surface area contributed by atoms with Gasteiger partial charge in [0.15, 0.2) is 0 Å². The zero-order chi connectivity index (χ0) is 12.8. The molecular weight excluding hydrogens is 222 g/mol. The van der Waals surface area contributed by atoms with Crippen molar-refractivity contribution >= 4 is 11.9 Å². The van der Waals surface area contributed by atoms with E-state index in [4.69, 9.17) is 10.5 Å². The second-order valence-corrected chi connectivity index (χ2v) is 4.62. The van der Waals surface area contributed by atoms with Crippen LogP contribution in [0.4, 0.5) is 4.79 Å². The topological polar surface area (TPSA) is 75.9 Å². The van der Waals surface area contributed by atoms with Gasteiger partial charge in [-0.1, -0.05) is 13.8 Å². The summed E-state index contributed by atoms with van der Waals surface area (Å²) in [5, 5.41) is 0. The number of nitrogens with two attached hydrogens (primary N) is 1. The number of primary amides is 1. The van der Waals surface area contributed by atoms with Crippen molar-refractivity contribution < 1.29 is 14.3 Å². The van der Waals surface area contributed by atoms with Crippen LogP contribution in [0.1, 0.15) is 13.8 Å². The highest BCUT2D eigenvalue weighted by atomic mass is 16.5. The fourth-order valence-electron chi connectivity index (χ4n) is 1.79. The summed E-state index contributed by atoms with van der Waals surface area (Å²) in [5.41, 5.74) is 5.16. The molecule has 98 valence electrons. The maximum absolute atomic E-state index is 12.2. The van der Waals surface area contributed by atoms with Gasteiger partial charge in [0, 0.05) is 19.6 Å². The van der Waals surface area contributed by atoms with Crippen molar-refractivity contribution in [1.82, 2.24) is 9.80 Å². The highest BCUT2D eigenvalue weighted by molar-refractivity contribution is 5.83. The zero-order valence-electron chi connectivity index (χ0n) is 10.5. The molecule has 1 heterocycles. The molecule has 0 aliphatic carbocycles. The third-order valence-corrected chi connectivity index (χ3v) is 2.48. The van der Waals surface area contributed by atoms with E-state index >= 15 is 0 Å². The maximum atomic E-state index is 12.2. The number of carbonyl (C=O) groups is 2. The number of amides is 3. The highest BCUT2D eigenvalue weighted by Crippen LogP contribution is 2.06. The predicted octanol–water partition coefficient (Wildman–Crippen LogP) is -0.118. The number of nitrogens with zero attached hydrogens (tertiary/aromatic N) is 2. The van der Waals surface area contributed by atoms with E-state index in [-0.39, 0.29) is 12.6 Å². The van der Waals surface area contributed by atoms with Crippen LogP contribution in [-0.2, 0) is 9.53 Å². The molecule has 1 aliphatic rings. The van der Waals surface area contributed by atoms with E-state index in [2.05, 4.69) is 0 Å². The molecule has 0 aromatic heterocycles. The highest BCUT2D eigenvalue weighted by Gasteiger charge is 2.24. The average Bonchev–Trinajstić information content (AvgIpc) is 2.27. The number of ether oxygens (including phenoxy) is 1. The monoisotopic (exact) mass is 243 g/mol. The van der Waals surface area contributed by atoms with Crippen LogP contribution in [0.15, 0.2) is 0 Å². The third kappa shape index (κ3) is 4.60. The molecule has 0 bridgehead atoms. The van der Waals surface area contributed by atoms with Crippen LogP contribution >= 0.6 is 0 Å². The van der Waals surface area contributed by atoms with E-state index < -0.39 is 5.91 Å². The summed E-state index contributed by atoms with van der Waals surface area (Å²) in [5.74, 6) is -0.174. The largest absolute Gasteiger partial charge is 0.378 e. The van der Waals surface area contributed by atoms with Gasteiger partial charge in [-0.3, -0.25) is 4.79 Å². The van der Waals surface area contributed by atoms with Gasteiger partial charge in [-0.2, -0.15) is 0 Å². The predicted molar refractivity (Wildman–Crippen MR) is 63.4 cm³/mol. The molecule has 2 N–H and O–H groups in total. The normalized spacial score (nSPS) is 16.1. The molecule has 0 radical (unpaired) electrons. The lowest BCUT2D eigenvalue weighted by molar-refractivity contribution is -0.118. The first-order valence-corrected chi connectivity index (χ1v) is 5.90. The molecule has 3 amide bonds. The standard InChI is InChI=1S/C11H21N3O3/c1-9(2)7-14(8-10(12)15)11(16)13-3-5-17-6-4-13/h9H,3-8H2,1-2H3,(H2,12,15). The van der Waals surface area contributed by atoms with E-state index in [1.54, 1.807) is 4.90 Å². The molecule has 1 rings (SSSR count). The summed E-state index contributed by atoms with van der Waals surface area (Å²) in [4.78, 5) is 26.3. The van der Waals surface area contributed by atoms with E-state index in [1.807, 2.05) is 13.8 Å². The second-order valence-electron chi connectivity index (χ2n) is 4.62. The number of urea groups is 1. The smallest absolute Gasteiger partial charge is 0.320 e. The van der Waals surface area contributed by atoms with E-state index in [0.717, 1.165) is 0 Å². The summed E-state index contributed by atoms with van der Waals surface area (Å²) in [6.45, 7) is 6.78. The Balaban J connectivity index is 2.60.